The quantitative estimate of drug-likeness (QED) is 0.486. The third-order valence-electron chi connectivity index (χ3n) is 5.05. The first-order valence-electron chi connectivity index (χ1n) is 10.4. The fraction of sp³-hybridized carbons (Fsp3) is 0.240. The van der Waals surface area contributed by atoms with E-state index < -0.39 is 0 Å². The third-order valence-corrected chi connectivity index (χ3v) is 5.05. The van der Waals surface area contributed by atoms with Crippen molar-refractivity contribution in [1.82, 2.24) is 10.3 Å². The Morgan fingerprint density at radius 3 is 2.00 bits per heavy atom. The number of anilines is 2. The number of hydrogen-bond acceptors (Lipinski definition) is 3. The smallest absolute Gasteiger partial charge is 0.323 e. The van der Waals surface area contributed by atoms with E-state index in [9.17, 15) is 9.59 Å². The summed E-state index contributed by atoms with van der Waals surface area (Å²) in [6.45, 7) is 6.01. The molecule has 0 aliphatic carbocycles. The number of nitrogens with zero attached hydrogens (tertiary/aromatic N) is 1. The maximum absolute atomic E-state index is 13.0. The molecular formula is C25H28N4O2. The lowest BCUT2D eigenvalue weighted by Gasteiger charge is -2.23. The van der Waals surface area contributed by atoms with Gasteiger partial charge in [-0.25, -0.2) is 4.79 Å². The van der Waals surface area contributed by atoms with Gasteiger partial charge in [-0.3, -0.25) is 9.78 Å². The van der Waals surface area contributed by atoms with Gasteiger partial charge in [0.05, 0.1) is 12.0 Å². The first kappa shape index (κ1) is 22.0. The summed E-state index contributed by atoms with van der Waals surface area (Å²) in [6, 6.07) is 20.0. The van der Waals surface area contributed by atoms with Crippen LogP contribution in [0.4, 0.5) is 16.2 Å². The van der Waals surface area contributed by atoms with Gasteiger partial charge in [0.1, 0.15) is 0 Å². The molecule has 6 heteroatoms. The highest BCUT2D eigenvalue weighted by Gasteiger charge is 2.25. The summed E-state index contributed by atoms with van der Waals surface area (Å²) in [5.41, 5.74) is 3.26. The topological polar surface area (TPSA) is 83.1 Å². The number of para-hydroxylation sites is 1. The van der Waals surface area contributed by atoms with Crippen LogP contribution in [0.25, 0.3) is 0 Å². The van der Waals surface area contributed by atoms with Crippen LogP contribution in [-0.2, 0) is 4.79 Å². The normalized spacial score (nSPS) is 12.6. The van der Waals surface area contributed by atoms with Gasteiger partial charge in [-0.15, -0.1) is 0 Å². The summed E-state index contributed by atoms with van der Waals surface area (Å²) in [5.74, 6) is -0.148. The van der Waals surface area contributed by atoms with Gasteiger partial charge in [-0.1, -0.05) is 50.2 Å². The number of rotatable bonds is 7. The van der Waals surface area contributed by atoms with Crippen LogP contribution in [0.3, 0.4) is 0 Å². The Bertz CT molecular complexity index is 989. The van der Waals surface area contributed by atoms with Crippen LogP contribution in [0.2, 0.25) is 0 Å². The number of amides is 3. The van der Waals surface area contributed by atoms with Crippen LogP contribution in [0, 0.1) is 5.92 Å². The molecule has 0 radical (unpaired) electrons. The average molecular weight is 417 g/mol. The lowest BCUT2D eigenvalue weighted by atomic mass is 9.88. The zero-order chi connectivity index (χ0) is 22.2. The standard InChI is InChI=1S/C25H28N4O2/c1-17(2)23(20-8-7-15-26-16-20)24(30)27-18(3)19-11-13-22(14-12-19)29-25(31)28-21-9-5-4-6-10-21/h4-18,23H,1-3H3,(H,27,30)(H2,28,29,31)/t18-,23-/m1/s1. The summed E-state index contributed by atoms with van der Waals surface area (Å²) >= 11 is 0. The van der Waals surface area contributed by atoms with Gasteiger partial charge in [0.25, 0.3) is 0 Å². The molecule has 0 aliphatic heterocycles. The van der Waals surface area contributed by atoms with E-state index in [1.165, 1.54) is 0 Å². The Kier molecular flexibility index (Phi) is 7.38. The van der Waals surface area contributed by atoms with Crippen molar-refractivity contribution in [2.24, 2.45) is 5.92 Å². The number of hydrogen-bond donors (Lipinski definition) is 3. The number of nitrogens with one attached hydrogen (secondary N) is 3. The highest BCUT2D eigenvalue weighted by Crippen LogP contribution is 2.25. The van der Waals surface area contributed by atoms with Crippen LogP contribution in [0.1, 0.15) is 43.9 Å². The van der Waals surface area contributed by atoms with Crippen molar-refractivity contribution < 1.29 is 9.59 Å². The largest absolute Gasteiger partial charge is 0.349 e. The fourth-order valence-electron chi connectivity index (χ4n) is 3.46. The lowest BCUT2D eigenvalue weighted by Crippen LogP contribution is -2.34. The molecule has 0 saturated heterocycles. The molecule has 31 heavy (non-hydrogen) atoms. The van der Waals surface area contributed by atoms with E-state index in [2.05, 4.69) is 20.9 Å². The van der Waals surface area contributed by atoms with Crippen molar-refractivity contribution in [3.8, 4) is 0 Å². The van der Waals surface area contributed by atoms with E-state index in [0.717, 1.165) is 16.8 Å². The van der Waals surface area contributed by atoms with Gasteiger partial charge in [-0.2, -0.15) is 0 Å². The second kappa shape index (κ2) is 10.4. The van der Waals surface area contributed by atoms with E-state index in [1.807, 2.05) is 87.5 Å². The second-order valence-electron chi connectivity index (χ2n) is 7.81. The lowest BCUT2D eigenvalue weighted by molar-refractivity contribution is -0.124. The van der Waals surface area contributed by atoms with E-state index in [0.29, 0.717) is 5.69 Å². The molecular weight excluding hydrogens is 388 g/mol. The van der Waals surface area contributed by atoms with Crippen molar-refractivity contribution in [3.63, 3.8) is 0 Å². The molecule has 2 aromatic carbocycles. The van der Waals surface area contributed by atoms with Crippen LogP contribution in [0.5, 0.6) is 0 Å². The molecule has 0 aliphatic rings. The number of benzene rings is 2. The molecule has 1 aromatic heterocycles. The number of carbonyl (C=O) groups excluding carboxylic acids is 2. The van der Waals surface area contributed by atoms with Crippen molar-refractivity contribution in [2.45, 2.75) is 32.7 Å². The summed E-state index contributed by atoms with van der Waals surface area (Å²) in [4.78, 5) is 29.2. The fourth-order valence-corrected chi connectivity index (χ4v) is 3.46. The molecule has 160 valence electrons. The maximum atomic E-state index is 13.0. The minimum absolute atomic E-state index is 0.0278. The molecule has 0 spiro atoms. The van der Waals surface area contributed by atoms with E-state index in [1.54, 1.807) is 12.4 Å². The highest BCUT2D eigenvalue weighted by molar-refractivity contribution is 5.99. The number of carbonyl (C=O) groups is 2. The van der Waals surface area contributed by atoms with Gasteiger partial charge in [0, 0.05) is 23.8 Å². The Hall–Kier alpha value is -3.67. The Morgan fingerprint density at radius 1 is 0.774 bits per heavy atom. The van der Waals surface area contributed by atoms with Crippen molar-refractivity contribution in [3.05, 3.63) is 90.3 Å². The molecule has 3 rings (SSSR count). The maximum Gasteiger partial charge on any atom is 0.323 e. The van der Waals surface area contributed by atoms with Crippen molar-refractivity contribution in [2.75, 3.05) is 10.6 Å². The summed E-state index contributed by atoms with van der Waals surface area (Å²) in [6.07, 6.45) is 3.45. The van der Waals surface area contributed by atoms with E-state index in [4.69, 9.17) is 0 Å². The summed E-state index contributed by atoms with van der Waals surface area (Å²) in [7, 11) is 0. The number of aromatic nitrogens is 1. The molecule has 3 amide bonds. The molecule has 3 aromatic rings. The Balaban J connectivity index is 1.60. The second-order valence-corrected chi connectivity index (χ2v) is 7.81. The van der Waals surface area contributed by atoms with Crippen molar-refractivity contribution >= 4 is 23.3 Å². The molecule has 0 bridgehead atoms. The summed E-state index contributed by atoms with van der Waals surface area (Å²) in [5, 5.41) is 8.69. The zero-order valence-corrected chi connectivity index (χ0v) is 18.0. The highest BCUT2D eigenvalue weighted by atomic mass is 16.2. The average Bonchev–Trinajstić information content (AvgIpc) is 2.75. The molecule has 0 unspecified atom stereocenters. The minimum Gasteiger partial charge on any atom is -0.349 e. The molecule has 3 N–H and O–H groups in total. The predicted molar refractivity (Wildman–Crippen MR) is 124 cm³/mol. The molecule has 0 fully saturated rings. The van der Waals surface area contributed by atoms with Crippen LogP contribution < -0.4 is 16.0 Å². The SMILES string of the molecule is CC(C)[C@@H](C(=O)N[C@H](C)c1ccc(NC(=O)Nc2ccccc2)cc1)c1cccnc1. The van der Waals surface area contributed by atoms with Crippen LogP contribution >= 0.6 is 0 Å². The van der Waals surface area contributed by atoms with Crippen LogP contribution in [-0.4, -0.2) is 16.9 Å². The monoisotopic (exact) mass is 416 g/mol. The minimum atomic E-state index is -0.309. The predicted octanol–water partition coefficient (Wildman–Crippen LogP) is 5.34. The van der Waals surface area contributed by atoms with Gasteiger partial charge < -0.3 is 16.0 Å². The summed E-state index contributed by atoms with van der Waals surface area (Å²) < 4.78 is 0. The number of pyridine rings is 1. The van der Waals surface area contributed by atoms with Gasteiger partial charge >= 0.3 is 6.03 Å². The first-order valence-corrected chi connectivity index (χ1v) is 10.4. The molecule has 6 nitrogen and oxygen atoms in total. The molecule has 1 heterocycles. The molecule has 0 saturated carbocycles. The van der Waals surface area contributed by atoms with Gasteiger partial charge in [0.15, 0.2) is 0 Å². The Labute approximate surface area is 183 Å². The van der Waals surface area contributed by atoms with Crippen LogP contribution in [0.15, 0.2) is 79.1 Å². The van der Waals surface area contributed by atoms with Crippen molar-refractivity contribution in [1.29, 1.82) is 0 Å². The Morgan fingerprint density at radius 2 is 1.42 bits per heavy atom. The number of urea groups is 1. The zero-order valence-electron chi connectivity index (χ0n) is 18.0. The third kappa shape index (κ3) is 6.15. The van der Waals surface area contributed by atoms with Gasteiger partial charge in [0.2, 0.25) is 5.91 Å². The van der Waals surface area contributed by atoms with E-state index >= 15 is 0 Å². The first-order chi connectivity index (χ1) is 14.9. The molecule has 2 atom stereocenters. The van der Waals surface area contributed by atoms with E-state index in [-0.39, 0.29) is 29.8 Å². The van der Waals surface area contributed by atoms with Gasteiger partial charge in [-0.05, 0) is 54.3 Å².